The van der Waals surface area contributed by atoms with E-state index in [-0.39, 0.29) is 5.92 Å². The van der Waals surface area contributed by atoms with E-state index < -0.39 is 5.97 Å². The summed E-state index contributed by atoms with van der Waals surface area (Å²) in [6.07, 6.45) is 4.25. The molecular formula is C21H26N2O4. The summed E-state index contributed by atoms with van der Waals surface area (Å²) in [6.45, 7) is 4.70. The van der Waals surface area contributed by atoms with Crippen molar-refractivity contribution in [2.45, 2.75) is 26.5 Å². The van der Waals surface area contributed by atoms with Gasteiger partial charge in [-0.15, -0.1) is 0 Å². The summed E-state index contributed by atoms with van der Waals surface area (Å²) in [7, 11) is 1.62. The first kappa shape index (κ1) is 19.2. The predicted octanol–water partition coefficient (Wildman–Crippen LogP) is 3.21. The zero-order valence-electron chi connectivity index (χ0n) is 15.8. The molecule has 1 aromatic carbocycles. The monoisotopic (exact) mass is 370 g/mol. The van der Waals surface area contributed by atoms with E-state index in [1.54, 1.807) is 19.5 Å². The predicted molar refractivity (Wildman–Crippen MR) is 102 cm³/mol. The van der Waals surface area contributed by atoms with Gasteiger partial charge < -0.3 is 14.6 Å². The van der Waals surface area contributed by atoms with Crippen LogP contribution in [0.2, 0.25) is 0 Å². The molecule has 2 aromatic rings. The van der Waals surface area contributed by atoms with Gasteiger partial charge in [0.25, 0.3) is 0 Å². The Morgan fingerprint density at radius 1 is 1.26 bits per heavy atom. The van der Waals surface area contributed by atoms with E-state index in [4.69, 9.17) is 9.47 Å². The highest BCUT2D eigenvalue weighted by Crippen LogP contribution is 2.30. The van der Waals surface area contributed by atoms with Crippen LogP contribution in [0.15, 0.2) is 42.7 Å². The van der Waals surface area contributed by atoms with Gasteiger partial charge in [0, 0.05) is 37.6 Å². The van der Waals surface area contributed by atoms with Gasteiger partial charge in [0.15, 0.2) is 11.5 Å². The Balaban J connectivity index is 1.69. The molecule has 2 atom stereocenters. The molecule has 0 bridgehead atoms. The molecule has 144 valence electrons. The van der Waals surface area contributed by atoms with Crippen molar-refractivity contribution in [3.63, 3.8) is 0 Å². The smallest absolute Gasteiger partial charge is 0.307 e. The fourth-order valence-electron chi connectivity index (χ4n) is 3.60. The summed E-state index contributed by atoms with van der Waals surface area (Å²) in [5.74, 6) is 0.728. The fourth-order valence-corrected chi connectivity index (χ4v) is 3.60. The van der Waals surface area contributed by atoms with Crippen LogP contribution < -0.4 is 9.47 Å². The first-order valence-corrected chi connectivity index (χ1v) is 9.19. The van der Waals surface area contributed by atoms with Crippen LogP contribution in [0.1, 0.15) is 24.5 Å². The Hall–Kier alpha value is -2.60. The maximum Gasteiger partial charge on any atom is 0.307 e. The molecule has 1 saturated heterocycles. The minimum Gasteiger partial charge on any atom is -0.493 e. The number of nitrogens with zero attached hydrogens (tertiary/aromatic N) is 2. The molecule has 2 unspecified atom stereocenters. The molecule has 0 amide bonds. The van der Waals surface area contributed by atoms with Crippen LogP contribution >= 0.6 is 0 Å². The number of aliphatic carboxylic acids is 1. The van der Waals surface area contributed by atoms with Crippen molar-refractivity contribution in [1.29, 1.82) is 0 Å². The maximum absolute atomic E-state index is 11.4. The second-order valence-corrected chi connectivity index (χ2v) is 7.21. The first-order chi connectivity index (χ1) is 13.0. The molecule has 0 aliphatic carbocycles. The first-order valence-electron chi connectivity index (χ1n) is 9.19. The normalized spacial score (nSPS) is 20.2. The minimum absolute atomic E-state index is 0.298. The van der Waals surface area contributed by atoms with Gasteiger partial charge in [-0.3, -0.25) is 14.7 Å². The number of carbonyl (C=O) groups is 1. The summed E-state index contributed by atoms with van der Waals surface area (Å²) in [5, 5.41) is 9.36. The van der Waals surface area contributed by atoms with Gasteiger partial charge in [-0.05, 0) is 36.1 Å². The fraction of sp³-hybridized carbons (Fsp3) is 0.429. The molecule has 6 nitrogen and oxygen atoms in total. The van der Waals surface area contributed by atoms with Crippen LogP contribution in [0.4, 0.5) is 0 Å². The molecular weight excluding hydrogens is 344 g/mol. The summed E-state index contributed by atoms with van der Waals surface area (Å²) in [5.41, 5.74) is 2.06. The van der Waals surface area contributed by atoms with Crippen LogP contribution in [0.5, 0.6) is 11.5 Å². The Kier molecular flexibility index (Phi) is 6.29. The molecule has 3 rings (SSSR count). The molecule has 1 fully saturated rings. The zero-order chi connectivity index (χ0) is 19.2. The van der Waals surface area contributed by atoms with Crippen molar-refractivity contribution < 1.29 is 19.4 Å². The van der Waals surface area contributed by atoms with Gasteiger partial charge >= 0.3 is 5.97 Å². The number of rotatable bonds is 7. The summed E-state index contributed by atoms with van der Waals surface area (Å²) < 4.78 is 11.4. The van der Waals surface area contributed by atoms with E-state index in [2.05, 4.69) is 16.8 Å². The topological polar surface area (TPSA) is 71.9 Å². The molecule has 0 spiro atoms. The third-order valence-electron chi connectivity index (χ3n) is 4.84. The Morgan fingerprint density at radius 3 is 2.81 bits per heavy atom. The Morgan fingerprint density at radius 2 is 2.11 bits per heavy atom. The Bertz CT molecular complexity index is 766. The second-order valence-electron chi connectivity index (χ2n) is 7.21. The summed E-state index contributed by atoms with van der Waals surface area (Å²) in [4.78, 5) is 17.7. The lowest BCUT2D eigenvalue weighted by atomic mass is 9.90. The number of pyridine rings is 1. The van der Waals surface area contributed by atoms with E-state index >= 15 is 0 Å². The number of aromatic nitrogens is 1. The van der Waals surface area contributed by atoms with Crippen molar-refractivity contribution in [3.8, 4) is 11.5 Å². The van der Waals surface area contributed by atoms with Crippen molar-refractivity contribution in [1.82, 2.24) is 9.88 Å². The maximum atomic E-state index is 11.4. The van der Waals surface area contributed by atoms with Gasteiger partial charge in [-0.25, -0.2) is 0 Å². The molecule has 1 aromatic heterocycles. The van der Waals surface area contributed by atoms with Gasteiger partial charge in [0.2, 0.25) is 0 Å². The molecule has 0 saturated carbocycles. The van der Waals surface area contributed by atoms with Crippen LogP contribution in [-0.2, 0) is 17.9 Å². The van der Waals surface area contributed by atoms with Crippen molar-refractivity contribution in [2.24, 2.45) is 11.8 Å². The molecule has 1 aliphatic rings. The number of carboxylic acids is 1. The van der Waals surface area contributed by atoms with Crippen LogP contribution in [-0.4, -0.2) is 41.2 Å². The van der Waals surface area contributed by atoms with E-state index in [0.717, 1.165) is 24.1 Å². The van der Waals surface area contributed by atoms with Crippen molar-refractivity contribution in [2.75, 3.05) is 20.2 Å². The van der Waals surface area contributed by atoms with Crippen LogP contribution in [0, 0.1) is 11.8 Å². The van der Waals surface area contributed by atoms with E-state index in [1.807, 2.05) is 30.3 Å². The number of hydrogen-bond acceptors (Lipinski definition) is 5. The second kappa shape index (κ2) is 8.86. The van der Waals surface area contributed by atoms with Gasteiger partial charge in [0.05, 0.1) is 13.0 Å². The molecule has 1 N–H and O–H groups in total. The number of carboxylic acid groups (broad SMARTS) is 1. The molecule has 2 heterocycles. The number of piperidine rings is 1. The molecule has 27 heavy (non-hydrogen) atoms. The number of hydrogen-bond donors (Lipinski definition) is 1. The Labute approximate surface area is 159 Å². The van der Waals surface area contributed by atoms with E-state index in [9.17, 15) is 9.90 Å². The van der Waals surface area contributed by atoms with Gasteiger partial charge in [0.1, 0.15) is 6.61 Å². The van der Waals surface area contributed by atoms with Gasteiger partial charge in [-0.2, -0.15) is 0 Å². The highest BCUT2D eigenvalue weighted by Gasteiger charge is 2.29. The average Bonchev–Trinajstić information content (AvgIpc) is 2.67. The SMILES string of the molecule is COc1ccc(CN2CC(C)CC(C(=O)O)C2)cc1OCc1cccnc1. The lowest BCUT2D eigenvalue weighted by Gasteiger charge is -2.34. The quantitative estimate of drug-likeness (QED) is 0.807. The van der Waals surface area contributed by atoms with Crippen molar-refractivity contribution in [3.05, 3.63) is 53.9 Å². The third kappa shape index (κ3) is 5.20. The lowest BCUT2D eigenvalue weighted by Crippen LogP contribution is -2.41. The van der Waals surface area contributed by atoms with Gasteiger partial charge in [-0.1, -0.05) is 19.1 Å². The van der Waals surface area contributed by atoms with Crippen LogP contribution in [0.25, 0.3) is 0 Å². The van der Waals surface area contributed by atoms with Crippen LogP contribution in [0.3, 0.4) is 0 Å². The number of likely N-dealkylation sites (tertiary alicyclic amines) is 1. The largest absolute Gasteiger partial charge is 0.493 e. The zero-order valence-corrected chi connectivity index (χ0v) is 15.8. The molecule has 0 radical (unpaired) electrons. The summed E-state index contributed by atoms with van der Waals surface area (Å²) >= 11 is 0. The number of ether oxygens (including phenoxy) is 2. The molecule has 6 heteroatoms. The highest BCUT2D eigenvalue weighted by molar-refractivity contribution is 5.70. The highest BCUT2D eigenvalue weighted by atomic mass is 16.5. The lowest BCUT2D eigenvalue weighted by molar-refractivity contribution is -0.144. The summed E-state index contributed by atoms with van der Waals surface area (Å²) in [6, 6.07) is 9.72. The average molecular weight is 370 g/mol. The molecule has 1 aliphatic heterocycles. The third-order valence-corrected chi connectivity index (χ3v) is 4.84. The number of methoxy groups -OCH3 is 1. The van der Waals surface area contributed by atoms with E-state index in [0.29, 0.717) is 37.1 Å². The number of benzene rings is 1. The minimum atomic E-state index is -0.707. The van der Waals surface area contributed by atoms with Crippen molar-refractivity contribution >= 4 is 5.97 Å². The standard InChI is InChI=1S/C21H26N2O4/c1-15-8-18(21(24)25)13-23(11-15)12-16-5-6-19(26-2)20(9-16)27-14-17-4-3-7-22-10-17/h3-7,9-10,15,18H,8,11-14H2,1-2H3,(H,24,25). The van der Waals surface area contributed by atoms with E-state index in [1.165, 1.54) is 0 Å².